The Morgan fingerprint density at radius 1 is 1.07 bits per heavy atom. The fraction of sp³-hybridized carbons (Fsp3) is 0.364. The first kappa shape index (κ1) is 21.0. The van der Waals surface area contributed by atoms with Crippen molar-refractivity contribution in [2.75, 3.05) is 39.4 Å². The summed E-state index contributed by atoms with van der Waals surface area (Å²) in [6, 6.07) is 14.2. The monoisotopic (exact) mass is 400 g/mol. The molecule has 1 atom stereocenters. The average Bonchev–Trinajstić information content (AvgIpc) is 2.74. The SMILES string of the molecule is O=C(N[C@@H](Cc1ccccc1)C(=O)NCC[NH+]1CCOCC1)c1cccc(F)c1. The molecule has 7 heteroatoms. The molecule has 0 saturated carbocycles. The van der Waals surface area contributed by atoms with Crippen LogP contribution in [0.25, 0.3) is 0 Å². The molecular formula is C22H27FN3O3+. The molecule has 1 saturated heterocycles. The lowest BCUT2D eigenvalue weighted by Gasteiger charge is -2.24. The quantitative estimate of drug-likeness (QED) is 0.593. The molecule has 1 heterocycles. The minimum atomic E-state index is -0.743. The van der Waals surface area contributed by atoms with Crippen LogP contribution in [0, 0.1) is 5.82 Å². The first-order valence-electron chi connectivity index (χ1n) is 9.91. The van der Waals surface area contributed by atoms with Crippen molar-refractivity contribution in [3.8, 4) is 0 Å². The third-order valence-electron chi connectivity index (χ3n) is 4.97. The zero-order valence-electron chi connectivity index (χ0n) is 16.3. The molecule has 0 aliphatic carbocycles. The highest BCUT2D eigenvalue weighted by Gasteiger charge is 2.23. The van der Waals surface area contributed by atoms with Gasteiger partial charge in [0, 0.05) is 12.0 Å². The van der Waals surface area contributed by atoms with E-state index in [1.54, 1.807) is 0 Å². The van der Waals surface area contributed by atoms with Crippen LogP contribution >= 0.6 is 0 Å². The molecule has 154 valence electrons. The predicted molar refractivity (Wildman–Crippen MR) is 107 cm³/mol. The van der Waals surface area contributed by atoms with Crippen LogP contribution < -0.4 is 15.5 Å². The number of hydrogen-bond donors (Lipinski definition) is 3. The summed E-state index contributed by atoms with van der Waals surface area (Å²) in [5, 5.41) is 5.68. The van der Waals surface area contributed by atoms with Gasteiger partial charge in [0.1, 0.15) is 24.9 Å². The van der Waals surface area contributed by atoms with Gasteiger partial charge in [-0.25, -0.2) is 4.39 Å². The maximum atomic E-state index is 13.4. The van der Waals surface area contributed by atoms with Gasteiger partial charge in [-0.3, -0.25) is 9.59 Å². The first-order valence-corrected chi connectivity index (χ1v) is 9.91. The molecule has 0 spiro atoms. The zero-order chi connectivity index (χ0) is 20.5. The van der Waals surface area contributed by atoms with E-state index in [-0.39, 0.29) is 11.5 Å². The van der Waals surface area contributed by atoms with Gasteiger partial charge in [0.15, 0.2) is 0 Å². The summed E-state index contributed by atoms with van der Waals surface area (Å²) in [7, 11) is 0. The van der Waals surface area contributed by atoms with Crippen LogP contribution in [-0.4, -0.2) is 57.2 Å². The fourth-order valence-electron chi connectivity index (χ4n) is 3.33. The highest BCUT2D eigenvalue weighted by Crippen LogP contribution is 2.07. The van der Waals surface area contributed by atoms with Gasteiger partial charge in [0.25, 0.3) is 5.91 Å². The standard InChI is InChI=1S/C22H26FN3O3/c23-19-8-4-7-18(16-19)21(27)25-20(15-17-5-2-1-3-6-17)22(28)24-9-10-26-11-13-29-14-12-26/h1-8,16,20H,9-15H2,(H,24,28)(H,25,27)/p+1/t20-/m0/s1. The molecule has 2 aromatic rings. The third kappa shape index (κ3) is 6.66. The Labute approximate surface area is 170 Å². The van der Waals surface area contributed by atoms with E-state index in [0.717, 1.165) is 44.5 Å². The molecular weight excluding hydrogens is 373 g/mol. The average molecular weight is 400 g/mol. The van der Waals surface area contributed by atoms with Gasteiger partial charge in [-0.2, -0.15) is 0 Å². The Morgan fingerprint density at radius 2 is 1.83 bits per heavy atom. The molecule has 6 nitrogen and oxygen atoms in total. The van der Waals surface area contributed by atoms with E-state index in [4.69, 9.17) is 4.74 Å². The number of nitrogens with one attached hydrogen (secondary N) is 3. The van der Waals surface area contributed by atoms with Crippen LogP contribution in [0.4, 0.5) is 4.39 Å². The number of carbonyl (C=O) groups excluding carboxylic acids is 2. The van der Waals surface area contributed by atoms with Crippen molar-refractivity contribution in [1.82, 2.24) is 10.6 Å². The van der Waals surface area contributed by atoms with Crippen LogP contribution in [-0.2, 0) is 16.0 Å². The zero-order valence-corrected chi connectivity index (χ0v) is 16.3. The van der Waals surface area contributed by atoms with E-state index < -0.39 is 17.8 Å². The largest absolute Gasteiger partial charge is 0.370 e. The molecule has 3 N–H and O–H groups in total. The molecule has 1 aliphatic heterocycles. The Bertz CT molecular complexity index is 810. The van der Waals surface area contributed by atoms with Crippen molar-refractivity contribution in [2.45, 2.75) is 12.5 Å². The second-order valence-corrected chi connectivity index (χ2v) is 7.13. The van der Waals surface area contributed by atoms with E-state index >= 15 is 0 Å². The third-order valence-corrected chi connectivity index (χ3v) is 4.97. The van der Waals surface area contributed by atoms with Crippen molar-refractivity contribution in [3.05, 3.63) is 71.5 Å². The minimum Gasteiger partial charge on any atom is -0.370 e. The summed E-state index contributed by atoms with van der Waals surface area (Å²) in [4.78, 5) is 26.7. The minimum absolute atomic E-state index is 0.189. The van der Waals surface area contributed by atoms with E-state index in [0.29, 0.717) is 13.0 Å². The Balaban J connectivity index is 1.61. The summed E-state index contributed by atoms with van der Waals surface area (Å²) in [6.45, 7) is 4.67. The topological polar surface area (TPSA) is 71.9 Å². The molecule has 0 unspecified atom stereocenters. The van der Waals surface area contributed by atoms with Crippen molar-refractivity contribution >= 4 is 11.8 Å². The number of ether oxygens (including phenoxy) is 1. The normalized spacial score (nSPS) is 15.5. The predicted octanol–water partition coefficient (Wildman–Crippen LogP) is 0.198. The Kier molecular flexibility index (Phi) is 7.72. The second-order valence-electron chi connectivity index (χ2n) is 7.13. The van der Waals surface area contributed by atoms with Crippen molar-refractivity contribution in [1.29, 1.82) is 0 Å². The lowest BCUT2D eigenvalue weighted by molar-refractivity contribution is -0.906. The van der Waals surface area contributed by atoms with Crippen LogP contribution in [0.1, 0.15) is 15.9 Å². The molecule has 2 aromatic carbocycles. The number of quaternary nitrogens is 1. The number of amides is 2. The van der Waals surface area contributed by atoms with Gasteiger partial charge in [-0.15, -0.1) is 0 Å². The lowest BCUT2D eigenvalue weighted by Crippen LogP contribution is -3.14. The lowest BCUT2D eigenvalue weighted by atomic mass is 10.0. The Hall–Kier alpha value is -2.77. The molecule has 29 heavy (non-hydrogen) atoms. The van der Waals surface area contributed by atoms with Crippen LogP contribution in [0.3, 0.4) is 0 Å². The summed E-state index contributed by atoms with van der Waals surface area (Å²) >= 11 is 0. The van der Waals surface area contributed by atoms with Gasteiger partial charge in [-0.05, 0) is 23.8 Å². The molecule has 1 aliphatic rings. The molecule has 0 aromatic heterocycles. The number of benzene rings is 2. The molecule has 2 amide bonds. The maximum Gasteiger partial charge on any atom is 0.252 e. The van der Waals surface area contributed by atoms with Gasteiger partial charge in [-0.1, -0.05) is 36.4 Å². The molecule has 0 radical (unpaired) electrons. The van der Waals surface area contributed by atoms with Gasteiger partial charge in [0.05, 0.1) is 26.3 Å². The van der Waals surface area contributed by atoms with Crippen molar-refractivity contribution in [3.63, 3.8) is 0 Å². The number of hydrogen-bond acceptors (Lipinski definition) is 3. The van der Waals surface area contributed by atoms with Gasteiger partial charge in [0.2, 0.25) is 5.91 Å². The molecule has 1 fully saturated rings. The highest BCUT2D eigenvalue weighted by atomic mass is 19.1. The Morgan fingerprint density at radius 3 is 2.55 bits per heavy atom. The molecule has 0 bridgehead atoms. The number of rotatable bonds is 8. The number of carbonyl (C=O) groups is 2. The summed E-state index contributed by atoms with van der Waals surface area (Å²) in [6.07, 6.45) is 0.359. The molecule has 3 rings (SSSR count). The van der Waals surface area contributed by atoms with E-state index in [1.807, 2.05) is 30.3 Å². The fourth-order valence-corrected chi connectivity index (χ4v) is 3.33. The van der Waals surface area contributed by atoms with Gasteiger partial charge >= 0.3 is 0 Å². The summed E-state index contributed by atoms with van der Waals surface area (Å²) in [5.41, 5.74) is 1.12. The van der Waals surface area contributed by atoms with Crippen LogP contribution in [0.2, 0.25) is 0 Å². The van der Waals surface area contributed by atoms with Crippen LogP contribution in [0.5, 0.6) is 0 Å². The smallest absolute Gasteiger partial charge is 0.252 e. The van der Waals surface area contributed by atoms with Crippen molar-refractivity contribution in [2.24, 2.45) is 0 Å². The second kappa shape index (κ2) is 10.7. The van der Waals surface area contributed by atoms with E-state index in [2.05, 4.69) is 10.6 Å². The number of halogens is 1. The summed E-state index contributed by atoms with van der Waals surface area (Å²) in [5.74, 6) is -1.21. The van der Waals surface area contributed by atoms with Crippen molar-refractivity contribution < 1.29 is 23.6 Å². The first-order chi connectivity index (χ1) is 14.1. The highest BCUT2D eigenvalue weighted by molar-refractivity contribution is 5.97. The van der Waals surface area contributed by atoms with E-state index in [1.165, 1.54) is 23.1 Å². The van der Waals surface area contributed by atoms with Gasteiger partial charge < -0.3 is 20.3 Å². The van der Waals surface area contributed by atoms with E-state index in [9.17, 15) is 14.0 Å². The maximum absolute atomic E-state index is 13.4. The summed E-state index contributed by atoms with van der Waals surface area (Å²) < 4.78 is 18.8. The van der Waals surface area contributed by atoms with Crippen LogP contribution in [0.15, 0.2) is 54.6 Å². The number of morpholine rings is 1.